The fraction of sp³-hybridized carbons (Fsp3) is 1.00. The molecule has 1 aliphatic carbocycles. The van der Waals surface area contributed by atoms with Gasteiger partial charge in [0.25, 0.3) is 0 Å². The summed E-state index contributed by atoms with van der Waals surface area (Å²) in [6.07, 6.45) is 3.90. The Labute approximate surface area is 92.3 Å². The maximum Gasteiger partial charge on any atom is 0.149 e. The summed E-state index contributed by atoms with van der Waals surface area (Å²) in [5.41, 5.74) is 0. The summed E-state index contributed by atoms with van der Waals surface area (Å²) in [4.78, 5) is 0. The van der Waals surface area contributed by atoms with E-state index in [-0.39, 0.29) is 5.75 Å². The molecular formula is C10H21NO3S. The highest BCUT2D eigenvalue weighted by Crippen LogP contribution is 2.32. The largest absolute Gasteiger partial charge is 0.379 e. The lowest BCUT2D eigenvalue weighted by atomic mass is 10.2. The summed E-state index contributed by atoms with van der Waals surface area (Å²) in [6, 6.07) is 0.573. The van der Waals surface area contributed by atoms with Gasteiger partial charge in [0, 0.05) is 18.8 Å². The van der Waals surface area contributed by atoms with E-state index < -0.39 is 9.84 Å². The number of hydrogen-bond donors (Lipinski definition) is 1. The average Bonchev–Trinajstić information content (AvgIpc) is 2.91. The second-order valence-corrected chi connectivity index (χ2v) is 6.58. The molecule has 4 nitrogen and oxygen atoms in total. The number of nitrogens with one attached hydrogen (secondary N) is 1. The first-order chi connectivity index (χ1) is 6.99. The van der Waals surface area contributed by atoms with Gasteiger partial charge in [0.1, 0.15) is 9.84 Å². The zero-order valence-corrected chi connectivity index (χ0v) is 10.3. The van der Waals surface area contributed by atoms with Crippen LogP contribution in [0.4, 0.5) is 0 Å². The van der Waals surface area contributed by atoms with Gasteiger partial charge in [-0.25, -0.2) is 8.42 Å². The molecule has 0 spiro atoms. The second kappa shape index (κ2) is 5.82. The van der Waals surface area contributed by atoms with Crippen LogP contribution >= 0.6 is 0 Å². The van der Waals surface area contributed by atoms with Crippen LogP contribution in [0.5, 0.6) is 0 Å². The van der Waals surface area contributed by atoms with Gasteiger partial charge in [-0.15, -0.1) is 0 Å². The first kappa shape index (κ1) is 12.9. The van der Waals surface area contributed by atoms with Gasteiger partial charge < -0.3 is 10.1 Å². The van der Waals surface area contributed by atoms with Gasteiger partial charge in [-0.1, -0.05) is 0 Å². The summed E-state index contributed by atoms with van der Waals surface area (Å²) < 4.78 is 26.8. The van der Waals surface area contributed by atoms with Crippen molar-refractivity contribution in [1.82, 2.24) is 5.32 Å². The zero-order valence-electron chi connectivity index (χ0n) is 9.53. The molecule has 90 valence electrons. The van der Waals surface area contributed by atoms with Crippen molar-refractivity contribution < 1.29 is 13.2 Å². The van der Waals surface area contributed by atoms with Gasteiger partial charge in [-0.3, -0.25) is 0 Å². The SMILES string of the molecule is CC(NCCOCCS(C)(=O)=O)C1CC1. The van der Waals surface area contributed by atoms with Gasteiger partial charge in [0.2, 0.25) is 0 Å². The van der Waals surface area contributed by atoms with Crippen LogP contribution in [-0.2, 0) is 14.6 Å². The van der Waals surface area contributed by atoms with Crippen molar-refractivity contribution in [3.63, 3.8) is 0 Å². The highest BCUT2D eigenvalue weighted by Gasteiger charge is 2.27. The fourth-order valence-electron chi connectivity index (χ4n) is 1.43. The third-order valence-electron chi connectivity index (χ3n) is 2.64. The van der Waals surface area contributed by atoms with Gasteiger partial charge >= 0.3 is 0 Å². The molecule has 0 aliphatic heterocycles. The predicted octanol–water partition coefficient (Wildman–Crippen LogP) is 0.436. The Morgan fingerprint density at radius 2 is 2.07 bits per heavy atom. The van der Waals surface area contributed by atoms with Crippen molar-refractivity contribution in [2.75, 3.05) is 31.8 Å². The smallest absolute Gasteiger partial charge is 0.149 e. The maximum atomic E-state index is 10.8. The quantitative estimate of drug-likeness (QED) is 0.620. The van der Waals surface area contributed by atoms with E-state index in [0.29, 0.717) is 19.3 Å². The first-order valence-electron chi connectivity index (χ1n) is 5.48. The fourth-order valence-corrected chi connectivity index (χ4v) is 1.85. The minimum Gasteiger partial charge on any atom is -0.379 e. The molecule has 0 heterocycles. The van der Waals surface area contributed by atoms with Crippen molar-refractivity contribution in [2.24, 2.45) is 5.92 Å². The van der Waals surface area contributed by atoms with Crippen LogP contribution < -0.4 is 5.32 Å². The molecule has 1 fully saturated rings. The molecule has 0 saturated heterocycles. The van der Waals surface area contributed by atoms with E-state index in [2.05, 4.69) is 12.2 Å². The van der Waals surface area contributed by atoms with E-state index >= 15 is 0 Å². The number of hydrogen-bond acceptors (Lipinski definition) is 4. The second-order valence-electron chi connectivity index (χ2n) is 4.32. The summed E-state index contributed by atoms with van der Waals surface area (Å²) in [7, 11) is -2.88. The predicted molar refractivity (Wildman–Crippen MR) is 60.7 cm³/mol. The lowest BCUT2D eigenvalue weighted by Gasteiger charge is -2.12. The van der Waals surface area contributed by atoms with Crippen LogP contribution in [0.15, 0.2) is 0 Å². The van der Waals surface area contributed by atoms with Crippen molar-refractivity contribution in [1.29, 1.82) is 0 Å². The molecule has 0 amide bonds. The Kier molecular flexibility index (Phi) is 5.02. The lowest BCUT2D eigenvalue weighted by molar-refractivity contribution is 0.148. The Hall–Kier alpha value is -0.130. The highest BCUT2D eigenvalue weighted by molar-refractivity contribution is 7.90. The topological polar surface area (TPSA) is 55.4 Å². The molecular weight excluding hydrogens is 214 g/mol. The van der Waals surface area contributed by atoms with E-state index in [1.807, 2.05) is 0 Å². The van der Waals surface area contributed by atoms with E-state index in [1.54, 1.807) is 0 Å². The first-order valence-corrected chi connectivity index (χ1v) is 7.54. The van der Waals surface area contributed by atoms with E-state index in [4.69, 9.17) is 4.74 Å². The Balaban J connectivity index is 1.88. The Morgan fingerprint density at radius 1 is 1.40 bits per heavy atom. The third kappa shape index (κ3) is 6.87. The third-order valence-corrected chi connectivity index (χ3v) is 3.55. The van der Waals surface area contributed by atoms with Crippen molar-refractivity contribution in [2.45, 2.75) is 25.8 Å². The summed E-state index contributed by atoms with van der Waals surface area (Å²) in [5.74, 6) is 0.964. The molecule has 1 atom stereocenters. The molecule has 0 aromatic rings. The van der Waals surface area contributed by atoms with Crippen molar-refractivity contribution in [3.8, 4) is 0 Å². The number of rotatable bonds is 8. The summed E-state index contributed by atoms with van der Waals surface area (Å²) in [6.45, 7) is 3.89. The molecule has 1 aliphatic rings. The maximum absolute atomic E-state index is 10.8. The van der Waals surface area contributed by atoms with Gasteiger partial charge in [-0.2, -0.15) is 0 Å². The molecule has 1 saturated carbocycles. The van der Waals surface area contributed by atoms with Crippen molar-refractivity contribution in [3.05, 3.63) is 0 Å². The highest BCUT2D eigenvalue weighted by atomic mass is 32.2. The monoisotopic (exact) mass is 235 g/mol. The van der Waals surface area contributed by atoms with E-state index in [9.17, 15) is 8.42 Å². The van der Waals surface area contributed by atoms with Gasteiger partial charge in [0.05, 0.1) is 19.0 Å². The van der Waals surface area contributed by atoms with Crippen molar-refractivity contribution >= 4 is 9.84 Å². The minimum absolute atomic E-state index is 0.116. The molecule has 0 radical (unpaired) electrons. The van der Waals surface area contributed by atoms with Crippen LogP contribution in [0.2, 0.25) is 0 Å². The lowest BCUT2D eigenvalue weighted by Crippen LogP contribution is -2.31. The molecule has 5 heteroatoms. The van der Waals surface area contributed by atoms with Gasteiger partial charge in [-0.05, 0) is 25.7 Å². The standard InChI is InChI=1S/C10H21NO3S/c1-9(10-3-4-10)11-5-6-14-7-8-15(2,12)13/h9-11H,3-8H2,1-2H3. The molecule has 1 N–H and O–H groups in total. The van der Waals surface area contributed by atoms with Crippen LogP contribution in [0, 0.1) is 5.92 Å². The molecule has 15 heavy (non-hydrogen) atoms. The van der Waals surface area contributed by atoms with Crippen LogP contribution in [-0.4, -0.2) is 46.2 Å². The van der Waals surface area contributed by atoms with Crippen LogP contribution in [0.1, 0.15) is 19.8 Å². The molecule has 1 rings (SSSR count). The minimum atomic E-state index is -2.88. The molecule has 0 aromatic heterocycles. The Morgan fingerprint density at radius 3 is 2.60 bits per heavy atom. The number of ether oxygens (including phenoxy) is 1. The summed E-state index contributed by atoms with van der Waals surface area (Å²) >= 11 is 0. The molecule has 0 bridgehead atoms. The molecule has 0 aromatic carbocycles. The van der Waals surface area contributed by atoms with Crippen LogP contribution in [0.25, 0.3) is 0 Å². The average molecular weight is 235 g/mol. The summed E-state index contributed by atoms with van der Waals surface area (Å²) in [5, 5.41) is 3.37. The van der Waals surface area contributed by atoms with E-state index in [1.165, 1.54) is 19.1 Å². The van der Waals surface area contributed by atoms with E-state index in [0.717, 1.165) is 12.5 Å². The Bertz CT molecular complexity index is 272. The zero-order chi connectivity index (χ0) is 11.3. The van der Waals surface area contributed by atoms with Crippen LogP contribution in [0.3, 0.4) is 0 Å². The van der Waals surface area contributed by atoms with Gasteiger partial charge in [0.15, 0.2) is 0 Å². The number of sulfone groups is 1. The molecule has 1 unspecified atom stereocenters. The normalized spacial score (nSPS) is 19.1.